The maximum Gasteiger partial charge on any atom is 0.274 e. The minimum atomic E-state index is -0.677. The molecule has 0 aliphatic heterocycles. The lowest BCUT2D eigenvalue weighted by atomic mass is 10.2. The smallest absolute Gasteiger partial charge is 0.274 e. The average Bonchev–Trinajstić information content (AvgIpc) is 2.72. The van der Waals surface area contributed by atoms with Crippen molar-refractivity contribution in [2.45, 2.75) is 6.54 Å². The highest BCUT2D eigenvalue weighted by Gasteiger charge is 2.10. The van der Waals surface area contributed by atoms with Crippen LogP contribution in [0.15, 0.2) is 34.7 Å². The maximum absolute atomic E-state index is 13.1. The van der Waals surface area contributed by atoms with Gasteiger partial charge in [-0.1, -0.05) is 0 Å². The zero-order valence-electron chi connectivity index (χ0n) is 9.02. The molecule has 0 saturated heterocycles. The van der Waals surface area contributed by atoms with E-state index in [0.717, 1.165) is 12.1 Å². The lowest BCUT2D eigenvalue weighted by Gasteiger charge is -2.04. The van der Waals surface area contributed by atoms with Crippen LogP contribution in [0.1, 0.15) is 5.76 Å². The maximum atomic E-state index is 13.1. The van der Waals surface area contributed by atoms with Crippen molar-refractivity contribution in [3.8, 4) is 0 Å². The Balaban J connectivity index is 2.11. The summed E-state index contributed by atoms with van der Waals surface area (Å²) < 4.78 is 18.2. The second-order valence-electron chi connectivity index (χ2n) is 3.51. The van der Waals surface area contributed by atoms with Crippen LogP contribution >= 0.6 is 11.6 Å². The molecule has 1 heterocycles. The molecule has 2 rings (SSSR count). The number of nitro groups is 1. The fraction of sp³-hybridized carbons (Fsp3) is 0.0909. The van der Waals surface area contributed by atoms with Gasteiger partial charge in [0, 0.05) is 11.8 Å². The fourth-order valence-electron chi connectivity index (χ4n) is 1.42. The lowest BCUT2D eigenvalue weighted by molar-refractivity contribution is -0.385. The van der Waals surface area contributed by atoms with Gasteiger partial charge in [0.05, 0.1) is 17.5 Å². The van der Waals surface area contributed by atoms with E-state index in [0.29, 0.717) is 11.4 Å². The van der Waals surface area contributed by atoms with Crippen molar-refractivity contribution in [3.05, 3.63) is 57.2 Å². The van der Waals surface area contributed by atoms with E-state index in [9.17, 15) is 14.5 Å². The number of nitro benzene ring substituents is 1. The molecule has 5 nitrogen and oxygen atoms in total. The monoisotopic (exact) mass is 270 g/mol. The Morgan fingerprint density at radius 2 is 2.17 bits per heavy atom. The number of nitrogens with one attached hydrogen (secondary N) is 1. The van der Waals surface area contributed by atoms with Crippen LogP contribution in [0.4, 0.5) is 15.8 Å². The molecule has 0 radical (unpaired) electrons. The molecular formula is C11H8ClFN2O3. The van der Waals surface area contributed by atoms with Crippen molar-refractivity contribution in [1.82, 2.24) is 0 Å². The highest BCUT2D eigenvalue weighted by atomic mass is 35.5. The van der Waals surface area contributed by atoms with Crippen LogP contribution in [0, 0.1) is 15.9 Å². The van der Waals surface area contributed by atoms with Gasteiger partial charge in [0.15, 0.2) is 5.22 Å². The molecule has 18 heavy (non-hydrogen) atoms. The fourth-order valence-corrected chi connectivity index (χ4v) is 1.58. The predicted octanol–water partition coefficient (Wildman–Crippen LogP) is 3.59. The minimum Gasteiger partial charge on any atom is -0.448 e. The van der Waals surface area contributed by atoms with E-state index in [1.807, 2.05) is 0 Å². The van der Waals surface area contributed by atoms with Gasteiger partial charge >= 0.3 is 0 Å². The minimum absolute atomic E-state index is 0.247. The molecule has 0 aliphatic carbocycles. The highest BCUT2D eigenvalue weighted by Crippen LogP contribution is 2.21. The molecule has 0 unspecified atom stereocenters. The molecule has 1 aromatic carbocycles. The van der Waals surface area contributed by atoms with E-state index in [1.54, 1.807) is 12.1 Å². The summed E-state index contributed by atoms with van der Waals surface area (Å²) in [6, 6.07) is 6.50. The number of rotatable bonds is 4. The molecule has 7 heteroatoms. The SMILES string of the molecule is O=[N+]([O-])c1cc(F)cc(NCc2ccc(Cl)o2)c1. The predicted molar refractivity (Wildman–Crippen MR) is 64.1 cm³/mol. The van der Waals surface area contributed by atoms with E-state index >= 15 is 0 Å². The number of halogens is 2. The van der Waals surface area contributed by atoms with E-state index in [1.165, 1.54) is 6.07 Å². The number of hydrogen-bond acceptors (Lipinski definition) is 4. The summed E-state index contributed by atoms with van der Waals surface area (Å²) in [6.45, 7) is 0.257. The molecule has 0 spiro atoms. The van der Waals surface area contributed by atoms with Crippen molar-refractivity contribution in [2.24, 2.45) is 0 Å². The average molecular weight is 271 g/mol. The largest absolute Gasteiger partial charge is 0.448 e. The first kappa shape index (κ1) is 12.4. The molecular weight excluding hydrogens is 263 g/mol. The van der Waals surface area contributed by atoms with E-state index < -0.39 is 10.7 Å². The third-order valence-corrected chi connectivity index (χ3v) is 2.39. The number of nitrogens with zero attached hydrogens (tertiary/aromatic N) is 1. The van der Waals surface area contributed by atoms with Crippen molar-refractivity contribution >= 4 is 23.0 Å². The molecule has 1 aromatic heterocycles. The van der Waals surface area contributed by atoms with E-state index in [-0.39, 0.29) is 17.5 Å². The van der Waals surface area contributed by atoms with Gasteiger partial charge in [0.25, 0.3) is 5.69 Å². The molecule has 0 saturated carbocycles. The van der Waals surface area contributed by atoms with E-state index in [4.69, 9.17) is 16.0 Å². The summed E-state index contributed by atoms with van der Waals surface area (Å²) in [4.78, 5) is 9.90. The highest BCUT2D eigenvalue weighted by molar-refractivity contribution is 6.28. The summed E-state index contributed by atoms with van der Waals surface area (Å²) in [7, 11) is 0. The number of benzene rings is 1. The van der Waals surface area contributed by atoms with Crippen LogP contribution in [0.5, 0.6) is 0 Å². The molecule has 0 atom stereocenters. The van der Waals surface area contributed by atoms with Gasteiger partial charge < -0.3 is 9.73 Å². The quantitative estimate of drug-likeness (QED) is 0.681. The van der Waals surface area contributed by atoms with Crippen LogP contribution in [0.25, 0.3) is 0 Å². The Morgan fingerprint density at radius 3 is 2.78 bits per heavy atom. The van der Waals surface area contributed by atoms with Gasteiger partial charge in [0.2, 0.25) is 0 Å². The zero-order chi connectivity index (χ0) is 13.1. The van der Waals surface area contributed by atoms with Crippen LogP contribution < -0.4 is 5.32 Å². The summed E-state index contributed by atoms with van der Waals surface area (Å²) in [5.74, 6) is -0.129. The Bertz CT molecular complexity index is 585. The third-order valence-electron chi connectivity index (χ3n) is 2.19. The number of non-ortho nitro benzene ring substituents is 1. The Kier molecular flexibility index (Phi) is 3.47. The zero-order valence-corrected chi connectivity index (χ0v) is 9.78. The Morgan fingerprint density at radius 1 is 1.39 bits per heavy atom. The summed E-state index contributed by atoms with van der Waals surface area (Å²) >= 11 is 5.59. The Labute approximate surface area is 106 Å². The topological polar surface area (TPSA) is 68.3 Å². The first-order chi connectivity index (χ1) is 8.54. The van der Waals surface area contributed by atoms with Crippen LogP contribution in [-0.2, 0) is 6.54 Å². The first-order valence-corrected chi connectivity index (χ1v) is 5.35. The summed E-state index contributed by atoms with van der Waals surface area (Å²) in [6.07, 6.45) is 0. The van der Waals surface area contributed by atoms with Gasteiger partial charge in [0.1, 0.15) is 11.6 Å². The van der Waals surface area contributed by atoms with Crippen LogP contribution in [0.2, 0.25) is 5.22 Å². The van der Waals surface area contributed by atoms with Gasteiger partial charge in [-0.3, -0.25) is 10.1 Å². The van der Waals surface area contributed by atoms with Gasteiger partial charge in [-0.25, -0.2) is 4.39 Å². The molecule has 0 amide bonds. The van der Waals surface area contributed by atoms with Crippen molar-refractivity contribution in [3.63, 3.8) is 0 Å². The molecule has 1 N–H and O–H groups in total. The second-order valence-corrected chi connectivity index (χ2v) is 3.89. The van der Waals surface area contributed by atoms with Crippen LogP contribution in [-0.4, -0.2) is 4.92 Å². The summed E-state index contributed by atoms with van der Waals surface area (Å²) in [5, 5.41) is 13.6. The van der Waals surface area contributed by atoms with Gasteiger partial charge in [-0.05, 0) is 29.8 Å². The van der Waals surface area contributed by atoms with Crippen molar-refractivity contribution in [2.75, 3.05) is 5.32 Å². The lowest BCUT2D eigenvalue weighted by Crippen LogP contribution is -1.99. The number of anilines is 1. The van der Waals surface area contributed by atoms with Crippen molar-refractivity contribution < 1.29 is 13.7 Å². The van der Waals surface area contributed by atoms with Crippen LogP contribution in [0.3, 0.4) is 0 Å². The number of furan rings is 1. The molecule has 0 bridgehead atoms. The van der Waals surface area contributed by atoms with Gasteiger partial charge in [-0.15, -0.1) is 0 Å². The summed E-state index contributed by atoms with van der Waals surface area (Å²) in [5.41, 5.74) is -0.0100. The van der Waals surface area contributed by atoms with Crippen molar-refractivity contribution in [1.29, 1.82) is 0 Å². The number of hydrogen-bond donors (Lipinski definition) is 1. The Hall–Kier alpha value is -2.08. The third kappa shape index (κ3) is 2.98. The van der Waals surface area contributed by atoms with E-state index in [2.05, 4.69) is 5.32 Å². The molecule has 94 valence electrons. The molecule has 2 aromatic rings. The normalized spacial score (nSPS) is 10.3. The molecule has 0 fully saturated rings. The molecule has 0 aliphatic rings. The standard InChI is InChI=1S/C11H8ClFN2O3/c12-11-2-1-10(18-11)6-14-8-3-7(13)4-9(5-8)15(16)17/h1-5,14H,6H2. The van der Waals surface area contributed by atoms with Gasteiger partial charge in [-0.2, -0.15) is 0 Å². The first-order valence-electron chi connectivity index (χ1n) is 4.97. The second kappa shape index (κ2) is 5.05.